The highest BCUT2D eigenvalue weighted by molar-refractivity contribution is 5.98. The Labute approximate surface area is 208 Å². The fourth-order valence-corrected chi connectivity index (χ4v) is 3.13. The monoisotopic (exact) mass is 506 g/mol. The van der Waals surface area contributed by atoms with Gasteiger partial charge in [-0.15, -0.1) is 0 Å². The summed E-state index contributed by atoms with van der Waals surface area (Å²) < 4.78 is 0. The first-order valence-corrected chi connectivity index (χ1v) is 11.5. The van der Waals surface area contributed by atoms with Gasteiger partial charge in [0.05, 0.1) is 11.5 Å². The largest absolute Gasteiger partial charge is 0.370 e. The first kappa shape index (κ1) is 29.8. The van der Waals surface area contributed by atoms with Crippen molar-refractivity contribution in [2.75, 3.05) is 18.4 Å². The minimum atomic E-state index is -0.995. The average molecular weight is 507 g/mol. The van der Waals surface area contributed by atoms with E-state index < -0.39 is 41.3 Å². The number of amides is 4. The molecule has 0 aliphatic rings. The van der Waals surface area contributed by atoms with Gasteiger partial charge in [0.1, 0.15) is 12.1 Å². The Balaban J connectivity index is 2.79. The lowest BCUT2D eigenvalue weighted by Crippen LogP contribution is -2.51. The molecule has 0 bridgehead atoms. The molecule has 0 saturated heterocycles. The zero-order chi connectivity index (χ0) is 27.1. The first-order chi connectivity index (χ1) is 17.0. The Hall–Kier alpha value is -4.23. The molecule has 0 unspecified atom stereocenters. The van der Waals surface area contributed by atoms with Crippen molar-refractivity contribution in [2.24, 2.45) is 16.5 Å². The molecule has 1 rings (SSSR count). The SMILES string of the molecule is CCCC[C@H](NC(C)=O)C(=O)NCC(=O)N[C@@H](CCCN=C(N)N)C(=O)Nc1ccc([N+](=O)[O-])cc1. The van der Waals surface area contributed by atoms with Gasteiger partial charge in [-0.05, 0) is 31.4 Å². The summed E-state index contributed by atoms with van der Waals surface area (Å²) >= 11 is 0. The van der Waals surface area contributed by atoms with Crippen LogP contribution in [-0.4, -0.2) is 59.7 Å². The summed E-state index contributed by atoms with van der Waals surface area (Å²) in [6.45, 7) is 3.07. The van der Waals surface area contributed by atoms with Crippen LogP contribution in [0.1, 0.15) is 46.0 Å². The second-order valence-corrected chi connectivity index (χ2v) is 7.98. The van der Waals surface area contributed by atoms with E-state index in [1.165, 1.54) is 31.2 Å². The number of benzene rings is 1. The predicted octanol–water partition coefficient (Wildman–Crippen LogP) is -0.117. The van der Waals surface area contributed by atoms with Crippen LogP contribution in [0.2, 0.25) is 0 Å². The van der Waals surface area contributed by atoms with Gasteiger partial charge >= 0.3 is 0 Å². The quantitative estimate of drug-likeness (QED) is 0.0616. The molecule has 14 nitrogen and oxygen atoms in total. The third-order valence-electron chi connectivity index (χ3n) is 4.91. The van der Waals surface area contributed by atoms with E-state index in [9.17, 15) is 29.3 Å². The molecule has 0 aliphatic heterocycles. The van der Waals surface area contributed by atoms with Gasteiger partial charge < -0.3 is 32.7 Å². The zero-order valence-corrected chi connectivity index (χ0v) is 20.4. The maximum absolute atomic E-state index is 12.8. The number of aliphatic imine (C=N–C) groups is 1. The molecule has 0 heterocycles. The maximum Gasteiger partial charge on any atom is 0.269 e. The van der Waals surface area contributed by atoms with Crippen LogP contribution < -0.4 is 32.7 Å². The van der Waals surface area contributed by atoms with Crippen LogP contribution in [0.5, 0.6) is 0 Å². The van der Waals surface area contributed by atoms with Crippen molar-refractivity contribution in [1.29, 1.82) is 0 Å². The molecule has 0 spiro atoms. The molecular weight excluding hydrogens is 472 g/mol. The molecule has 1 aromatic carbocycles. The number of nitro groups is 1. The number of non-ortho nitro benzene ring substituents is 1. The maximum atomic E-state index is 12.8. The van der Waals surface area contributed by atoms with E-state index in [4.69, 9.17) is 11.5 Å². The Kier molecular flexibility index (Phi) is 12.9. The number of hydrogen-bond donors (Lipinski definition) is 6. The van der Waals surface area contributed by atoms with Gasteiger partial charge in [0, 0.05) is 31.3 Å². The highest BCUT2D eigenvalue weighted by Crippen LogP contribution is 2.16. The highest BCUT2D eigenvalue weighted by atomic mass is 16.6. The van der Waals surface area contributed by atoms with E-state index in [0.29, 0.717) is 24.9 Å². The number of nitro benzene ring substituents is 1. The van der Waals surface area contributed by atoms with Crippen LogP contribution in [0.25, 0.3) is 0 Å². The van der Waals surface area contributed by atoms with Crippen LogP contribution in [0.15, 0.2) is 29.3 Å². The number of nitrogens with zero attached hydrogens (tertiary/aromatic N) is 2. The molecule has 36 heavy (non-hydrogen) atoms. The topological polar surface area (TPSA) is 224 Å². The molecule has 198 valence electrons. The van der Waals surface area contributed by atoms with Gasteiger partial charge in [-0.3, -0.25) is 34.3 Å². The van der Waals surface area contributed by atoms with Gasteiger partial charge in [-0.2, -0.15) is 0 Å². The number of hydrogen-bond acceptors (Lipinski definition) is 7. The number of nitrogens with one attached hydrogen (secondary N) is 4. The van der Waals surface area contributed by atoms with E-state index in [0.717, 1.165) is 6.42 Å². The van der Waals surface area contributed by atoms with E-state index in [1.54, 1.807) is 0 Å². The molecule has 1 aromatic rings. The molecule has 4 amide bonds. The van der Waals surface area contributed by atoms with Gasteiger partial charge in [0.2, 0.25) is 23.6 Å². The Morgan fingerprint density at radius 1 is 1.00 bits per heavy atom. The van der Waals surface area contributed by atoms with Gasteiger partial charge in [-0.25, -0.2) is 0 Å². The second kappa shape index (κ2) is 15.6. The molecular formula is C22H34N8O6. The van der Waals surface area contributed by atoms with E-state index >= 15 is 0 Å². The lowest BCUT2D eigenvalue weighted by atomic mass is 10.1. The van der Waals surface area contributed by atoms with Crippen LogP contribution in [-0.2, 0) is 19.2 Å². The van der Waals surface area contributed by atoms with Crippen LogP contribution in [0.4, 0.5) is 11.4 Å². The van der Waals surface area contributed by atoms with Gasteiger partial charge in [-0.1, -0.05) is 19.8 Å². The summed E-state index contributed by atoms with van der Waals surface area (Å²) in [6.07, 6.45) is 2.51. The Bertz CT molecular complexity index is 946. The molecule has 8 N–H and O–H groups in total. The van der Waals surface area contributed by atoms with E-state index in [2.05, 4.69) is 26.3 Å². The zero-order valence-electron chi connectivity index (χ0n) is 20.4. The van der Waals surface area contributed by atoms with Gasteiger partial charge in [0.25, 0.3) is 5.69 Å². The number of carbonyl (C=O) groups excluding carboxylic acids is 4. The smallest absolute Gasteiger partial charge is 0.269 e. The van der Waals surface area contributed by atoms with Gasteiger partial charge in [0.15, 0.2) is 5.96 Å². The van der Waals surface area contributed by atoms with Crippen molar-refractivity contribution in [3.8, 4) is 0 Å². The molecule has 0 fully saturated rings. The molecule has 0 saturated carbocycles. The normalized spacial score (nSPS) is 11.9. The van der Waals surface area contributed by atoms with Crippen molar-refractivity contribution < 1.29 is 24.1 Å². The summed E-state index contributed by atoms with van der Waals surface area (Å²) in [5.41, 5.74) is 10.8. The van der Waals surface area contributed by atoms with Crippen LogP contribution in [0.3, 0.4) is 0 Å². The minimum absolute atomic E-state index is 0.106. The minimum Gasteiger partial charge on any atom is -0.370 e. The molecule has 0 aliphatic carbocycles. The molecule has 0 aromatic heterocycles. The summed E-state index contributed by atoms with van der Waals surface area (Å²) in [5, 5.41) is 21.0. The van der Waals surface area contributed by atoms with Crippen molar-refractivity contribution in [1.82, 2.24) is 16.0 Å². The van der Waals surface area contributed by atoms with E-state index in [-0.39, 0.29) is 30.5 Å². The number of anilines is 1. The summed E-state index contributed by atoms with van der Waals surface area (Å²) in [5.74, 6) is -2.16. The van der Waals surface area contributed by atoms with Crippen molar-refractivity contribution in [3.05, 3.63) is 34.4 Å². The molecule has 2 atom stereocenters. The lowest BCUT2D eigenvalue weighted by Gasteiger charge is -2.20. The summed E-state index contributed by atoms with van der Waals surface area (Å²) in [7, 11) is 0. The van der Waals surface area contributed by atoms with E-state index in [1.807, 2.05) is 6.92 Å². The van der Waals surface area contributed by atoms with Crippen molar-refractivity contribution in [3.63, 3.8) is 0 Å². The number of unbranched alkanes of at least 4 members (excludes halogenated alkanes) is 1. The standard InChI is InChI=1S/C22H34N8O6/c1-3-4-6-17(27-14(2)31)20(33)26-13-19(32)29-18(7-5-12-25-22(23)24)21(34)28-15-8-10-16(11-9-15)30(35)36/h8-11,17-18H,3-7,12-13H2,1-2H3,(H,26,33)(H,27,31)(H,28,34)(H,29,32)(H4,23,24,25)/t17-,18-/m0/s1. The molecule has 0 radical (unpaired) electrons. The third kappa shape index (κ3) is 11.8. The Morgan fingerprint density at radius 3 is 2.17 bits per heavy atom. The van der Waals surface area contributed by atoms with Crippen molar-refractivity contribution in [2.45, 2.75) is 58.0 Å². The Morgan fingerprint density at radius 2 is 1.61 bits per heavy atom. The predicted molar refractivity (Wildman–Crippen MR) is 134 cm³/mol. The highest BCUT2D eigenvalue weighted by Gasteiger charge is 2.23. The summed E-state index contributed by atoms with van der Waals surface area (Å²) in [6, 6.07) is 3.45. The fraction of sp³-hybridized carbons (Fsp3) is 0.500. The first-order valence-electron chi connectivity index (χ1n) is 11.5. The number of nitrogens with two attached hydrogens (primary N) is 2. The summed E-state index contributed by atoms with van der Waals surface area (Å²) in [4.78, 5) is 63.2. The van der Waals surface area contributed by atoms with Crippen LogP contribution in [0, 0.1) is 10.1 Å². The molecule has 14 heteroatoms. The number of rotatable bonds is 15. The number of guanidine groups is 1. The number of carbonyl (C=O) groups is 4. The second-order valence-electron chi connectivity index (χ2n) is 7.98. The average Bonchev–Trinajstić information content (AvgIpc) is 2.81. The lowest BCUT2D eigenvalue weighted by molar-refractivity contribution is -0.384. The van der Waals surface area contributed by atoms with Crippen molar-refractivity contribution >= 4 is 41.0 Å². The van der Waals surface area contributed by atoms with Crippen LogP contribution >= 0.6 is 0 Å². The third-order valence-corrected chi connectivity index (χ3v) is 4.91. The fourth-order valence-electron chi connectivity index (χ4n) is 3.13.